The molecule has 0 spiro atoms. The summed E-state index contributed by atoms with van der Waals surface area (Å²) in [6.07, 6.45) is 4.15. The Bertz CT molecular complexity index is 503. The van der Waals surface area contributed by atoms with E-state index in [1.165, 1.54) is 18.2 Å². The maximum absolute atomic E-state index is 13.5. The van der Waals surface area contributed by atoms with Crippen LogP contribution in [0.1, 0.15) is 15.9 Å². The molecule has 0 heterocycles. The van der Waals surface area contributed by atoms with Gasteiger partial charge in [-0.2, -0.15) is 11.8 Å². The number of hydrogen-bond acceptors (Lipinski definition) is 3. The molecule has 102 valence electrons. The first kappa shape index (κ1) is 15.2. The fraction of sp³-hybridized carbons (Fsp3) is 0.231. The van der Waals surface area contributed by atoms with Crippen LogP contribution >= 0.6 is 11.8 Å². The van der Waals surface area contributed by atoms with Gasteiger partial charge in [0, 0.05) is 18.4 Å². The molecule has 0 radical (unpaired) electrons. The maximum Gasteiger partial charge on any atom is 0.328 e. The molecule has 1 amide bonds. The first-order valence-corrected chi connectivity index (χ1v) is 6.91. The Morgan fingerprint density at radius 2 is 2.21 bits per heavy atom. The minimum absolute atomic E-state index is 0.0892. The number of rotatable bonds is 6. The van der Waals surface area contributed by atoms with E-state index >= 15 is 0 Å². The summed E-state index contributed by atoms with van der Waals surface area (Å²) in [7, 11) is 0. The van der Waals surface area contributed by atoms with Gasteiger partial charge in [-0.15, -0.1) is 0 Å². The number of carbonyl (C=O) groups is 2. The molecule has 0 unspecified atom stereocenters. The van der Waals surface area contributed by atoms with E-state index in [4.69, 9.17) is 5.11 Å². The summed E-state index contributed by atoms with van der Waals surface area (Å²) in [6.45, 7) is 0.453. The Kier molecular flexibility index (Phi) is 6.08. The molecular formula is C13H14FNO3S. The quantitative estimate of drug-likeness (QED) is 0.619. The normalized spacial score (nSPS) is 10.6. The summed E-state index contributed by atoms with van der Waals surface area (Å²) in [4.78, 5) is 22.1. The second-order valence-electron chi connectivity index (χ2n) is 3.66. The molecule has 19 heavy (non-hydrogen) atoms. The maximum atomic E-state index is 13.5. The lowest BCUT2D eigenvalue weighted by atomic mass is 10.1. The second kappa shape index (κ2) is 7.58. The van der Waals surface area contributed by atoms with Crippen molar-refractivity contribution in [3.63, 3.8) is 0 Å². The van der Waals surface area contributed by atoms with Gasteiger partial charge in [-0.25, -0.2) is 9.18 Å². The Balaban J connectivity index is 2.84. The van der Waals surface area contributed by atoms with E-state index in [1.54, 1.807) is 11.8 Å². The highest BCUT2D eigenvalue weighted by Gasteiger charge is 2.11. The molecule has 6 heteroatoms. The summed E-state index contributed by atoms with van der Waals surface area (Å²) < 4.78 is 13.5. The molecule has 0 aliphatic rings. The van der Waals surface area contributed by atoms with Crippen LogP contribution in [-0.4, -0.2) is 35.5 Å². The number of carbonyl (C=O) groups excluding carboxylic acids is 1. The van der Waals surface area contributed by atoms with Crippen LogP contribution in [0.25, 0.3) is 6.08 Å². The number of carboxylic acids is 1. The van der Waals surface area contributed by atoms with Crippen LogP contribution in [0.2, 0.25) is 0 Å². The Hall–Kier alpha value is -1.82. The molecule has 1 rings (SSSR count). The number of amides is 1. The molecule has 0 saturated carbocycles. The molecule has 0 aliphatic heterocycles. The number of aliphatic carboxylic acids is 1. The lowest BCUT2D eigenvalue weighted by molar-refractivity contribution is -0.131. The number of hydrogen-bond donors (Lipinski definition) is 2. The number of thioether (sulfide) groups is 1. The molecule has 0 aliphatic carbocycles. The molecule has 0 saturated heterocycles. The number of benzene rings is 1. The van der Waals surface area contributed by atoms with Crippen molar-refractivity contribution in [2.24, 2.45) is 0 Å². The van der Waals surface area contributed by atoms with Crippen molar-refractivity contribution in [1.82, 2.24) is 5.32 Å². The van der Waals surface area contributed by atoms with Crippen molar-refractivity contribution >= 4 is 29.7 Å². The van der Waals surface area contributed by atoms with Crippen molar-refractivity contribution in [2.45, 2.75) is 0 Å². The third-order valence-electron chi connectivity index (χ3n) is 2.25. The van der Waals surface area contributed by atoms with Crippen LogP contribution in [-0.2, 0) is 4.79 Å². The average molecular weight is 283 g/mol. The molecule has 0 atom stereocenters. The Morgan fingerprint density at radius 1 is 1.47 bits per heavy atom. The van der Waals surface area contributed by atoms with Gasteiger partial charge in [0.2, 0.25) is 0 Å². The van der Waals surface area contributed by atoms with Gasteiger partial charge in [0.05, 0.1) is 5.56 Å². The van der Waals surface area contributed by atoms with E-state index in [0.717, 1.165) is 17.9 Å². The third-order valence-corrected chi connectivity index (χ3v) is 2.86. The van der Waals surface area contributed by atoms with Crippen LogP contribution in [0, 0.1) is 5.82 Å². The molecular weight excluding hydrogens is 269 g/mol. The molecule has 0 bridgehead atoms. The predicted octanol–water partition coefficient (Wildman–Crippen LogP) is 2.02. The highest BCUT2D eigenvalue weighted by molar-refractivity contribution is 7.98. The van der Waals surface area contributed by atoms with E-state index in [0.29, 0.717) is 12.1 Å². The molecule has 4 nitrogen and oxygen atoms in total. The van der Waals surface area contributed by atoms with Gasteiger partial charge in [-0.3, -0.25) is 4.79 Å². The van der Waals surface area contributed by atoms with E-state index in [-0.39, 0.29) is 5.56 Å². The summed E-state index contributed by atoms with van der Waals surface area (Å²) >= 11 is 1.57. The fourth-order valence-electron chi connectivity index (χ4n) is 1.35. The van der Waals surface area contributed by atoms with Gasteiger partial charge in [0.15, 0.2) is 0 Å². The Morgan fingerprint density at radius 3 is 2.84 bits per heavy atom. The van der Waals surface area contributed by atoms with E-state index in [1.807, 2.05) is 6.26 Å². The minimum Gasteiger partial charge on any atom is -0.478 e. The van der Waals surface area contributed by atoms with Crippen molar-refractivity contribution in [3.05, 3.63) is 41.2 Å². The number of carboxylic acid groups (broad SMARTS) is 1. The van der Waals surface area contributed by atoms with Gasteiger partial charge in [0.1, 0.15) is 5.82 Å². The smallest absolute Gasteiger partial charge is 0.328 e. The van der Waals surface area contributed by atoms with E-state index in [2.05, 4.69) is 5.32 Å². The zero-order chi connectivity index (χ0) is 14.3. The first-order valence-electron chi connectivity index (χ1n) is 5.52. The molecule has 0 fully saturated rings. The number of halogens is 1. The van der Waals surface area contributed by atoms with Gasteiger partial charge in [-0.05, 0) is 30.0 Å². The SMILES string of the molecule is CSCCNC(=O)c1cc(C=CC(=O)O)ccc1F. The highest BCUT2D eigenvalue weighted by atomic mass is 32.2. The standard InChI is InChI=1S/C13H14FNO3S/c1-19-7-6-15-13(18)10-8-9(2-4-11(10)14)3-5-12(16)17/h2-5,8H,6-7H2,1H3,(H,15,18)(H,16,17). The lowest BCUT2D eigenvalue weighted by Gasteiger charge is -2.06. The largest absolute Gasteiger partial charge is 0.478 e. The third kappa shape index (κ3) is 5.13. The summed E-state index contributed by atoms with van der Waals surface area (Å²) in [5.74, 6) is -1.49. The average Bonchev–Trinajstić information content (AvgIpc) is 2.37. The second-order valence-corrected chi connectivity index (χ2v) is 4.65. The van der Waals surface area contributed by atoms with Crippen molar-refractivity contribution in [1.29, 1.82) is 0 Å². The zero-order valence-corrected chi connectivity index (χ0v) is 11.2. The zero-order valence-electron chi connectivity index (χ0n) is 10.4. The topological polar surface area (TPSA) is 66.4 Å². The molecule has 2 N–H and O–H groups in total. The minimum atomic E-state index is -1.10. The van der Waals surface area contributed by atoms with Gasteiger partial charge in [0.25, 0.3) is 5.91 Å². The predicted molar refractivity (Wildman–Crippen MR) is 73.8 cm³/mol. The molecule has 1 aromatic rings. The fourth-order valence-corrected chi connectivity index (χ4v) is 1.66. The van der Waals surface area contributed by atoms with Crippen LogP contribution in [0.3, 0.4) is 0 Å². The van der Waals surface area contributed by atoms with Gasteiger partial charge >= 0.3 is 5.97 Å². The monoisotopic (exact) mass is 283 g/mol. The lowest BCUT2D eigenvalue weighted by Crippen LogP contribution is -2.26. The first-order chi connectivity index (χ1) is 9.04. The summed E-state index contributed by atoms with van der Waals surface area (Å²) in [5, 5.41) is 11.1. The number of nitrogens with one attached hydrogen (secondary N) is 1. The molecule has 1 aromatic carbocycles. The summed E-state index contributed by atoms with van der Waals surface area (Å²) in [6, 6.07) is 3.88. The van der Waals surface area contributed by atoms with Crippen LogP contribution in [0.15, 0.2) is 24.3 Å². The van der Waals surface area contributed by atoms with E-state index in [9.17, 15) is 14.0 Å². The van der Waals surface area contributed by atoms with Crippen molar-refractivity contribution < 1.29 is 19.1 Å². The van der Waals surface area contributed by atoms with Crippen molar-refractivity contribution in [2.75, 3.05) is 18.6 Å². The van der Waals surface area contributed by atoms with Crippen LogP contribution in [0.5, 0.6) is 0 Å². The molecule has 0 aromatic heterocycles. The van der Waals surface area contributed by atoms with E-state index < -0.39 is 17.7 Å². The van der Waals surface area contributed by atoms with Crippen LogP contribution in [0.4, 0.5) is 4.39 Å². The van der Waals surface area contributed by atoms with Crippen LogP contribution < -0.4 is 5.32 Å². The summed E-state index contributed by atoms with van der Waals surface area (Å²) in [5.41, 5.74) is 0.368. The highest BCUT2D eigenvalue weighted by Crippen LogP contribution is 2.12. The Labute approximate surface area is 114 Å². The van der Waals surface area contributed by atoms with Crippen molar-refractivity contribution in [3.8, 4) is 0 Å². The van der Waals surface area contributed by atoms with Gasteiger partial charge in [-0.1, -0.05) is 6.07 Å². The van der Waals surface area contributed by atoms with Gasteiger partial charge < -0.3 is 10.4 Å².